The monoisotopic (exact) mass is 698 g/mol. The van der Waals surface area contributed by atoms with Crippen LogP contribution in [-0.2, 0) is 33.6 Å². The Morgan fingerprint density at radius 1 is 0.429 bits per heavy atom. The van der Waals surface area contributed by atoms with Gasteiger partial charge in [0, 0.05) is 0 Å². The first-order chi connectivity index (χ1) is 22.5. The summed E-state index contributed by atoms with van der Waals surface area (Å²) in [5, 5.41) is 31.9. The van der Waals surface area contributed by atoms with Gasteiger partial charge in [0.05, 0.1) is 12.5 Å². The summed E-state index contributed by atoms with van der Waals surface area (Å²) in [6.45, 7) is 18.3. The van der Waals surface area contributed by atoms with Crippen molar-refractivity contribution >= 4 is 41.5 Å². The van der Waals surface area contributed by atoms with Gasteiger partial charge in [-0.2, -0.15) is 0 Å². The summed E-state index contributed by atoms with van der Waals surface area (Å²) < 4.78 is 0. The van der Waals surface area contributed by atoms with Crippen molar-refractivity contribution in [3.8, 4) is 0 Å². The van der Waals surface area contributed by atoms with Crippen LogP contribution in [0.2, 0.25) is 0 Å². The first-order valence-corrected chi connectivity index (χ1v) is 17.3. The van der Waals surface area contributed by atoms with E-state index in [1.54, 1.807) is 13.8 Å². The number of hydrogen-bond donors (Lipinski definition) is 8. The third-order valence-electron chi connectivity index (χ3n) is 7.42. The molecule has 5 amide bonds. The van der Waals surface area contributed by atoms with Crippen molar-refractivity contribution in [3.63, 3.8) is 0 Å². The number of carbonyl (C=O) groups is 7. The van der Waals surface area contributed by atoms with Crippen molar-refractivity contribution < 1.29 is 43.8 Å². The minimum absolute atomic E-state index is 0.0243. The summed E-state index contributed by atoms with van der Waals surface area (Å²) >= 11 is 0. The Balaban J connectivity index is 6.15. The molecule has 0 aromatic carbocycles. The number of carboxylic acid groups (broad SMARTS) is 2. The highest BCUT2D eigenvalue weighted by atomic mass is 16.4. The van der Waals surface area contributed by atoms with Crippen molar-refractivity contribution in [1.29, 1.82) is 0 Å². The van der Waals surface area contributed by atoms with Crippen LogP contribution in [0.25, 0.3) is 0 Å². The predicted molar refractivity (Wildman–Crippen MR) is 185 cm³/mol. The zero-order valence-electron chi connectivity index (χ0n) is 30.9. The van der Waals surface area contributed by atoms with E-state index in [0.29, 0.717) is 6.42 Å². The van der Waals surface area contributed by atoms with E-state index in [1.807, 2.05) is 55.4 Å². The second-order valence-electron chi connectivity index (χ2n) is 15.0. The van der Waals surface area contributed by atoms with Crippen LogP contribution in [0, 0.1) is 29.6 Å². The molecule has 49 heavy (non-hydrogen) atoms. The Hall–Kier alpha value is -3.75. The van der Waals surface area contributed by atoms with Crippen LogP contribution in [0.5, 0.6) is 0 Å². The van der Waals surface area contributed by atoms with E-state index >= 15 is 0 Å². The minimum atomic E-state index is -1.61. The zero-order valence-corrected chi connectivity index (χ0v) is 30.9. The fourth-order valence-electron chi connectivity index (χ4n) is 5.17. The molecule has 9 N–H and O–H groups in total. The van der Waals surface area contributed by atoms with Gasteiger partial charge in [-0.15, -0.1) is 0 Å². The van der Waals surface area contributed by atoms with E-state index in [2.05, 4.69) is 26.6 Å². The Kier molecular flexibility index (Phi) is 20.4. The Bertz CT molecular complexity index is 1130. The lowest BCUT2D eigenvalue weighted by Crippen LogP contribution is -2.60. The molecule has 0 saturated heterocycles. The van der Waals surface area contributed by atoms with Crippen LogP contribution in [0.3, 0.4) is 0 Å². The first-order valence-electron chi connectivity index (χ1n) is 17.3. The lowest BCUT2D eigenvalue weighted by atomic mass is 9.98. The molecule has 15 nitrogen and oxygen atoms in total. The maximum atomic E-state index is 13.6. The molecule has 0 aliphatic carbocycles. The van der Waals surface area contributed by atoms with Gasteiger partial charge in [-0.1, -0.05) is 69.2 Å². The van der Waals surface area contributed by atoms with Crippen molar-refractivity contribution in [2.75, 3.05) is 0 Å². The minimum Gasteiger partial charge on any atom is -0.481 e. The highest BCUT2D eigenvalue weighted by Gasteiger charge is 2.34. The number of carbonyl (C=O) groups excluding carboxylic acids is 5. The van der Waals surface area contributed by atoms with Crippen molar-refractivity contribution in [2.24, 2.45) is 35.3 Å². The normalized spacial score (nSPS) is 15.3. The van der Waals surface area contributed by atoms with Crippen LogP contribution in [0.15, 0.2) is 0 Å². The molecule has 0 fully saturated rings. The lowest BCUT2D eigenvalue weighted by molar-refractivity contribution is -0.143. The largest absolute Gasteiger partial charge is 0.481 e. The van der Waals surface area contributed by atoms with E-state index in [-0.39, 0.29) is 55.3 Å². The van der Waals surface area contributed by atoms with Crippen molar-refractivity contribution in [2.45, 2.75) is 144 Å². The molecule has 0 heterocycles. The smallest absolute Gasteiger partial charge is 0.326 e. The molecule has 0 aromatic heterocycles. The van der Waals surface area contributed by atoms with Gasteiger partial charge in [0.25, 0.3) is 0 Å². The molecule has 0 aliphatic heterocycles. The van der Waals surface area contributed by atoms with Crippen LogP contribution in [0.4, 0.5) is 0 Å². The second kappa shape index (κ2) is 22.1. The molecule has 0 radical (unpaired) electrons. The maximum Gasteiger partial charge on any atom is 0.326 e. The number of rotatable bonds is 23. The van der Waals surface area contributed by atoms with E-state index < -0.39 is 84.1 Å². The number of hydrogen-bond acceptors (Lipinski definition) is 8. The van der Waals surface area contributed by atoms with Gasteiger partial charge in [-0.05, 0) is 61.7 Å². The molecule has 0 aliphatic rings. The van der Waals surface area contributed by atoms with E-state index in [0.717, 1.165) is 0 Å². The molecule has 0 saturated carbocycles. The molecule has 0 bridgehead atoms. The molecule has 0 rings (SSSR count). The number of nitrogens with one attached hydrogen (secondary N) is 5. The number of nitrogens with two attached hydrogens (primary N) is 1. The molecule has 282 valence electrons. The highest BCUT2D eigenvalue weighted by molar-refractivity contribution is 5.97. The molecular formula is C34H62N6O9. The average molecular weight is 699 g/mol. The fraction of sp³-hybridized carbons (Fsp3) is 0.794. The number of aliphatic carboxylic acids is 2. The summed E-state index contributed by atoms with van der Waals surface area (Å²) in [4.78, 5) is 89.9. The van der Waals surface area contributed by atoms with Crippen LogP contribution in [0.1, 0.15) is 108 Å². The lowest BCUT2D eigenvalue weighted by Gasteiger charge is -2.28. The summed E-state index contributed by atoms with van der Waals surface area (Å²) in [6, 6.07) is -7.10. The Morgan fingerprint density at radius 3 is 1.00 bits per heavy atom. The SMILES string of the molecule is CC(C)C[C@H](NC(=O)[C@H](CC(C)C)NC(=O)[C@H](CC(C)C)NC(=O)[C@H](CC(=O)O)NC(=O)[C@H](CC(C)C)NC(=O)[C@@H](N)CC(C)C)C(=O)O. The van der Waals surface area contributed by atoms with Crippen molar-refractivity contribution in [3.05, 3.63) is 0 Å². The topological polar surface area (TPSA) is 246 Å². The predicted octanol–water partition coefficient (Wildman–Crippen LogP) is 1.53. The van der Waals surface area contributed by atoms with E-state index in [9.17, 15) is 43.8 Å². The molecule has 0 aromatic rings. The maximum absolute atomic E-state index is 13.6. The van der Waals surface area contributed by atoms with Gasteiger partial charge in [0.2, 0.25) is 29.5 Å². The number of amides is 5. The second-order valence-corrected chi connectivity index (χ2v) is 15.0. The Morgan fingerprint density at radius 2 is 0.694 bits per heavy atom. The highest BCUT2D eigenvalue weighted by Crippen LogP contribution is 2.13. The summed E-state index contributed by atoms with van der Waals surface area (Å²) in [7, 11) is 0. The Labute approximate surface area is 291 Å². The molecule has 6 atom stereocenters. The van der Waals surface area contributed by atoms with Gasteiger partial charge in [-0.25, -0.2) is 4.79 Å². The van der Waals surface area contributed by atoms with Gasteiger partial charge in [0.1, 0.15) is 30.2 Å². The molecule has 0 unspecified atom stereocenters. The average Bonchev–Trinajstić information content (AvgIpc) is 2.93. The van der Waals surface area contributed by atoms with Crippen LogP contribution in [-0.4, -0.2) is 87.9 Å². The number of carboxylic acids is 2. The third kappa shape index (κ3) is 19.1. The molecular weight excluding hydrogens is 636 g/mol. The van der Waals surface area contributed by atoms with E-state index in [4.69, 9.17) is 5.73 Å². The van der Waals surface area contributed by atoms with Gasteiger partial charge in [-0.3, -0.25) is 28.8 Å². The van der Waals surface area contributed by atoms with E-state index in [1.165, 1.54) is 0 Å². The van der Waals surface area contributed by atoms with Gasteiger partial charge < -0.3 is 42.5 Å². The summed E-state index contributed by atoms with van der Waals surface area (Å²) in [5.74, 6) is -6.47. The van der Waals surface area contributed by atoms with Gasteiger partial charge in [0.15, 0.2) is 0 Å². The summed E-state index contributed by atoms with van der Waals surface area (Å²) in [6.07, 6.45) is 0.210. The van der Waals surface area contributed by atoms with Crippen LogP contribution < -0.4 is 32.3 Å². The fourth-order valence-corrected chi connectivity index (χ4v) is 5.17. The zero-order chi connectivity index (χ0) is 38.2. The first kappa shape index (κ1) is 45.2. The third-order valence-corrected chi connectivity index (χ3v) is 7.42. The van der Waals surface area contributed by atoms with Gasteiger partial charge >= 0.3 is 11.9 Å². The molecule has 15 heteroatoms. The van der Waals surface area contributed by atoms with Crippen LogP contribution >= 0.6 is 0 Å². The standard InChI is InChI=1S/C34H62N6O9/c1-17(2)11-22(35)29(43)36-23(12-18(3)4)30(44)39-26(16-28(41)42)33(47)38-24(13-19(5)6)31(45)37-25(14-20(7)8)32(46)40-27(34(48)49)15-21(9)10/h17-27H,11-16,35H2,1-10H3,(H,36,43)(H,37,45)(H,38,47)(H,39,44)(H,40,46)(H,41,42)(H,48,49)/t22-,23-,24-,25-,26-,27-/m0/s1. The quantitative estimate of drug-likeness (QED) is 0.0765. The molecule has 0 spiro atoms. The van der Waals surface area contributed by atoms with Crippen molar-refractivity contribution in [1.82, 2.24) is 26.6 Å². The summed E-state index contributed by atoms with van der Waals surface area (Å²) in [5.41, 5.74) is 6.00.